The molecule has 0 aromatic heterocycles. The van der Waals surface area contributed by atoms with Crippen LogP contribution in [0, 0.1) is 0 Å². The summed E-state index contributed by atoms with van der Waals surface area (Å²) in [5.74, 6) is -0.539. The maximum atomic E-state index is 12.8. The predicted octanol–water partition coefficient (Wildman–Crippen LogP) is 17.9. The molecule has 0 spiro atoms. The molecule has 0 amide bonds. The van der Waals surface area contributed by atoms with Crippen LogP contribution in [0.2, 0.25) is 0 Å². The van der Waals surface area contributed by atoms with Gasteiger partial charge in [0.05, 0.1) is 13.0 Å². The normalized spacial score (nSPS) is 12.8. The molecule has 0 aromatic rings. The summed E-state index contributed by atoms with van der Waals surface area (Å²) in [7, 11) is 0. The van der Waals surface area contributed by atoms with Crippen LogP contribution in [-0.4, -0.2) is 37.9 Å². The molecule has 0 radical (unpaired) electrons. The summed E-state index contributed by atoms with van der Waals surface area (Å²) in [4.78, 5) is 25.3. The van der Waals surface area contributed by atoms with Gasteiger partial charge in [-0.2, -0.15) is 0 Å². The first-order chi connectivity index (χ1) is 30.6. The average molecular weight is 865 g/mol. The largest absolute Gasteiger partial charge is 0.461 e. The van der Waals surface area contributed by atoms with Crippen molar-refractivity contribution in [2.45, 2.75) is 258 Å². The van der Waals surface area contributed by atoms with Crippen molar-refractivity contribution in [2.24, 2.45) is 0 Å². The van der Waals surface area contributed by atoms with Gasteiger partial charge in [0.15, 0.2) is 6.10 Å². The summed E-state index contributed by atoms with van der Waals surface area (Å²) in [6, 6.07) is 0. The van der Waals surface area contributed by atoms with Crippen LogP contribution in [0.15, 0.2) is 72.9 Å². The molecule has 0 saturated heterocycles. The van der Waals surface area contributed by atoms with Crippen LogP contribution in [0.5, 0.6) is 0 Å². The summed E-state index contributed by atoms with van der Waals surface area (Å²) >= 11 is 0. The third kappa shape index (κ3) is 50.0. The minimum Gasteiger partial charge on any atom is -0.461 e. The number of esters is 2. The fraction of sp³-hybridized carbons (Fsp3) is 0.754. The smallest absolute Gasteiger partial charge is 0.309 e. The second kappa shape index (κ2) is 52.7. The Hall–Kier alpha value is -2.66. The van der Waals surface area contributed by atoms with Crippen LogP contribution in [0.4, 0.5) is 0 Å². The van der Waals surface area contributed by atoms with Crippen molar-refractivity contribution in [1.29, 1.82) is 0 Å². The van der Waals surface area contributed by atoms with Gasteiger partial charge < -0.3 is 14.2 Å². The number of unbranched alkanes of at least 4 members (excludes halogenated alkanes) is 26. The van der Waals surface area contributed by atoms with E-state index in [-0.39, 0.29) is 31.6 Å². The van der Waals surface area contributed by atoms with E-state index in [0.29, 0.717) is 13.0 Å². The molecule has 0 fully saturated rings. The van der Waals surface area contributed by atoms with E-state index in [1.807, 2.05) is 12.2 Å². The first-order valence-corrected chi connectivity index (χ1v) is 26.5. The third-order valence-corrected chi connectivity index (χ3v) is 11.3. The number of ether oxygens (including phenoxy) is 3. The van der Waals surface area contributed by atoms with Crippen molar-refractivity contribution in [3.05, 3.63) is 72.9 Å². The van der Waals surface area contributed by atoms with Gasteiger partial charge in [-0.1, -0.05) is 241 Å². The van der Waals surface area contributed by atoms with Gasteiger partial charge in [0.1, 0.15) is 6.61 Å². The number of allylic oxidation sites excluding steroid dienone is 11. The molecule has 0 aliphatic rings. The second-order valence-corrected chi connectivity index (χ2v) is 17.4. The lowest BCUT2D eigenvalue weighted by molar-refractivity contribution is -0.162. The van der Waals surface area contributed by atoms with Gasteiger partial charge in [-0.3, -0.25) is 9.59 Å². The van der Waals surface area contributed by atoms with E-state index in [1.54, 1.807) is 0 Å². The average Bonchev–Trinajstić information content (AvgIpc) is 3.27. The number of carbonyl (C=O) groups excluding carboxylic acids is 2. The van der Waals surface area contributed by atoms with E-state index in [1.165, 1.54) is 161 Å². The fourth-order valence-electron chi connectivity index (χ4n) is 7.34. The molecule has 0 heterocycles. The molecule has 5 heteroatoms. The molecule has 0 aliphatic heterocycles. The molecule has 0 saturated carbocycles. The molecule has 0 rings (SSSR count). The zero-order chi connectivity index (χ0) is 44.9. The van der Waals surface area contributed by atoms with E-state index in [0.717, 1.165) is 57.8 Å². The monoisotopic (exact) mass is 865 g/mol. The summed E-state index contributed by atoms with van der Waals surface area (Å²) in [5, 5.41) is 0. The molecule has 62 heavy (non-hydrogen) atoms. The van der Waals surface area contributed by atoms with Gasteiger partial charge >= 0.3 is 11.9 Å². The Morgan fingerprint density at radius 3 is 1.23 bits per heavy atom. The molecule has 1 atom stereocenters. The van der Waals surface area contributed by atoms with Gasteiger partial charge in [-0.15, -0.1) is 0 Å². The molecule has 0 aliphatic carbocycles. The Morgan fingerprint density at radius 2 is 0.774 bits per heavy atom. The summed E-state index contributed by atoms with van der Waals surface area (Å²) in [5.41, 5.74) is 0. The molecule has 0 N–H and O–H groups in total. The predicted molar refractivity (Wildman–Crippen MR) is 270 cm³/mol. The highest BCUT2D eigenvalue weighted by molar-refractivity contribution is 5.71. The highest BCUT2D eigenvalue weighted by Gasteiger charge is 2.17. The standard InChI is InChI=1S/C57H100O5/c1-4-7-10-13-16-19-22-25-28-31-34-37-40-43-46-49-52-60-53-55(62-57(59)51-48-45-42-39-36-33-30-27-24-21-18-15-12-9-6-3)54-61-56(58)50-47-44-41-38-35-32-29-26-23-20-17-14-11-8-5-2/h8,11,17,20,25-26,28-29,35,38,44,47,55H,4-7,9-10,12-16,18-19,21-24,27,30-34,36-37,39-43,45-46,48-54H2,1-3H3/b11-8-,20-17-,28-25-,29-26-,38-35-,47-44-. The molecule has 0 bridgehead atoms. The van der Waals surface area contributed by atoms with Crippen LogP contribution in [0.3, 0.4) is 0 Å². The number of hydrogen-bond acceptors (Lipinski definition) is 5. The first-order valence-electron chi connectivity index (χ1n) is 26.5. The molecular weight excluding hydrogens is 765 g/mol. The zero-order valence-corrected chi connectivity index (χ0v) is 41.1. The minimum absolute atomic E-state index is 0.0293. The number of hydrogen-bond donors (Lipinski definition) is 0. The van der Waals surface area contributed by atoms with Gasteiger partial charge in [0, 0.05) is 13.0 Å². The Kier molecular flexibility index (Phi) is 50.4. The quantitative estimate of drug-likeness (QED) is 0.0346. The van der Waals surface area contributed by atoms with Gasteiger partial charge in [0.25, 0.3) is 0 Å². The maximum absolute atomic E-state index is 12.8. The Bertz CT molecular complexity index is 1110. The van der Waals surface area contributed by atoms with E-state index in [2.05, 4.69) is 81.5 Å². The van der Waals surface area contributed by atoms with E-state index < -0.39 is 6.10 Å². The summed E-state index contributed by atoms with van der Waals surface area (Å²) < 4.78 is 17.3. The highest BCUT2D eigenvalue weighted by Crippen LogP contribution is 2.15. The number of carbonyl (C=O) groups is 2. The van der Waals surface area contributed by atoms with Crippen LogP contribution in [0.1, 0.15) is 252 Å². The highest BCUT2D eigenvalue weighted by atomic mass is 16.6. The lowest BCUT2D eigenvalue weighted by Gasteiger charge is -2.18. The van der Waals surface area contributed by atoms with Crippen molar-refractivity contribution in [2.75, 3.05) is 19.8 Å². The van der Waals surface area contributed by atoms with Gasteiger partial charge in [0.2, 0.25) is 0 Å². The molecule has 1 unspecified atom stereocenters. The van der Waals surface area contributed by atoms with Gasteiger partial charge in [-0.05, 0) is 70.6 Å². The van der Waals surface area contributed by atoms with Crippen LogP contribution in [-0.2, 0) is 23.8 Å². The Morgan fingerprint density at radius 1 is 0.387 bits per heavy atom. The van der Waals surface area contributed by atoms with Crippen LogP contribution in [0.25, 0.3) is 0 Å². The first kappa shape index (κ1) is 59.3. The number of rotatable bonds is 48. The van der Waals surface area contributed by atoms with Crippen LogP contribution >= 0.6 is 0 Å². The zero-order valence-electron chi connectivity index (χ0n) is 41.1. The van der Waals surface area contributed by atoms with E-state index in [9.17, 15) is 9.59 Å². The van der Waals surface area contributed by atoms with E-state index >= 15 is 0 Å². The lowest BCUT2D eigenvalue weighted by atomic mass is 10.0. The maximum Gasteiger partial charge on any atom is 0.309 e. The molecule has 358 valence electrons. The summed E-state index contributed by atoms with van der Waals surface area (Å²) in [6.45, 7) is 7.61. The topological polar surface area (TPSA) is 61.8 Å². The molecular formula is C57H100O5. The summed E-state index contributed by atoms with van der Waals surface area (Å²) in [6.07, 6.45) is 67.9. The molecule has 5 nitrogen and oxygen atoms in total. The third-order valence-electron chi connectivity index (χ3n) is 11.3. The SMILES string of the molecule is CC/C=C\C/C=C\C/C=C\C/C=C\C/C=C\CC(=O)OCC(COCCCCCCCC/C=C\CCCCCCCC)OC(=O)CCCCCCCCCCCCCCCCC. The van der Waals surface area contributed by atoms with Crippen molar-refractivity contribution < 1.29 is 23.8 Å². The van der Waals surface area contributed by atoms with Crippen molar-refractivity contribution >= 4 is 11.9 Å². The van der Waals surface area contributed by atoms with E-state index in [4.69, 9.17) is 14.2 Å². The second-order valence-electron chi connectivity index (χ2n) is 17.4. The van der Waals surface area contributed by atoms with Crippen molar-refractivity contribution in [1.82, 2.24) is 0 Å². The van der Waals surface area contributed by atoms with Gasteiger partial charge in [-0.25, -0.2) is 0 Å². The molecule has 0 aromatic carbocycles. The lowest BCUT2D eigenvalue weighted by Crippen LogP contribution is -2.30. The van der Waals surface area contributed by atoms with Crippen LogP contribution < -0.4 is 0 Å². The fourth-order valence-corrected chi connectivity index (χ4v) is 7.34. The van der Waals surface area contributed by atoms with Crippen molar-refractivity contribution in [3.8, 4) is 0 Å². The Balaban J connectivity index is 4.38. The van der Waals surface area contributed by atoms with Crippen molar-refractivity contribution in [3.63, 3.8) is 0 Å². The minimum atomic E-state index is -0.578. The Labute approximate surface area is 385 Å².